The molecule has 0 aliphatic carbocycles. The number of ether oxygens (including phenoxy) is 1. The first-order chi connectivity index (χ1) is 17.5. The quantitative estimate of drug-likeness (QED) is 0.523. The highest BCUT2D eigenvalue weighted by atomic mass is 35.5. The van der Waals surface area contributed by atoms with Gasteiger partial charge < -0.3 is 15.4 Å². The van der Waals surface area contributed by atoms with Crippen LogP contribution in [-0.4, -0.2) is 60.1 Å². The summed E-state index contributed by atoms with van der Waals surface area (Å²) in [5.74, 6) is -2.32. The highest BCUT2D eigenvalue weighted by molar-refractivity contribution is 6.13. The normalized spacial score (nSPS) is 19.9. The summed E-state index contributed by atoms with van der Waals surface area (Å²) < 4.78 is 19.4. The molecule has 38 heavy (non-hydrogen) atoms. The highest BCUT2D eigenvalue weighted by Crippen LogP contribution is 2.39. The molecule has 2 heterocycles. The predicted molar refractivity (Wildman–Crippen MR) is 144 cm³/mol. The maximum atomic E-state index is 13.9. The maximum absolute atomic E-state index is 13.9. The third kappa shape index (κ3) is 5.73. The number of rotatable bonds is 9. The van der Waals surface area contributed by atoms with E-state index in [2.05, 4.69) is 5.10 Å². The number of fused-ring (bicyclic) bond motifs is 1. The van der Waals surface area contributed by atoms with Crippen LogP contribution in [0.5, 0.6) is 0 Å². The van der Waals surface area contributed by atoms with Crippen LogP contribution >= 0.6 is 12.4 Å². The first-order valence-corrected chi connectivity index (χ1v) is 12.4. The average molecular weight is 545 g/mol. The minimum Gasteiger partial charge on any atom is -0.376 e. The molecule has 0 aromatic heterocycles. The Morgan fingerprint density at radius 2 is 1.79 bits per heavy atom. The molecule has 2 aliphatic rings. The van der Waals surface area contributed by atoms with Crippen molar-refractivity contribution in [1.29, 1.82) is 0 Å². The van der Waals surface area contributed by atoms with E-state index in [1.165, 1.54) is 17.1 Å². The van der Waals surface area contributed by atoms with Gasteiger partial charge in [-0.25, -0.2) is 9.40 Å². The third-order valence-corrected chi connectivity index (χ3v) is 7.54. The molecule has 8 nitrogen and oxygen atoms in total. The first kappa shape index (κ1) is 29.3. The van der Waals surface area contributed by atoms with Crippen LogP contribution in [0.15, 0.2) is 59.7 Å². The molecular weight excluding hydrogens is 511 g/mol. The molecule has 2 aromatic carbocycles. The summed E-state index contributed by atoms with van der Waals surface area (Å²) in [4.78, 5) is 41.3. The summed E-state index contributed by atoms with van der Waals surface area (Å²) in [6.07, 6.45) is 0.699. The number of primary amides is 1. The average Bonchev–Trinajstić information content (AvgIpc) is 3.12. The van der Waals surface area contributed by atoms with Gasteiger partial charge in [-0.05, 0) is 29.7 Å². The zero-order valence-electron chi connectivity index (χ0n) is 21.9. The Morgan fingerprint density at radius 3 is 2.42 bits per heavy atom. The summed E-state index contributed by atoms with van der Waals surface area (Å²) in [6, 6.07) is 15.5. The fourth-order valence-electron chi connectivity index (χ4n) is 5.07. The van der Waals surface area contributed by atoms with Gasteiger partial charge in [0.25, 0.3) is 5.91 Å². The van der Waals surface area contributed by atoms with Gasteiger partial charge in [0.2, 0.25) is 11.8 Å². The third-order valence-electron chi connectivity index (χ3n) is 7.54. The van der Waals surface area contributed by atoms with Crippen LogP contribution in [0.3, 0.4) is 0 Å². The second-order valence-electron chi connectivity index (χ2n) is 10.4. The smallest absolute Gasteiger partial charge is 0.256 e. The van der Waals surface area contributed by atoms with Crippen molar-refractivity contribution in [3.05, 3.63) is 71.5 Å². The van der Waals surface area contributed by atoms with E-state index in [9.17, 15) is 18.8 Å². The number of hydrazone groups is 1. The van der Waals surface area contributed by atoms with Crippen molar-refractivity contribution >= 4 is 35.8 Å². The molecule has 0 saturated carbocycles. The van der Waals surface area contributed by atoms with E-state index in [1.54, 1.807) is 37.9 Å². The molecular formula is C28H34ClFN4O4. The van der Waals surface area contributed by atoms with Crippen LogP contribution in [0, 0.1) is 22.6 Å². The van der Waals surface area contributed by atoms with Gasteiger partial charge in [0.15, 0.2) is 0 Å². The lowest BCUT2D eigenvalue weighted by atomic mass is 9.72. The van der Waals surface area contributed by atoms with E-state index in [1.807, 2.05) is 30.3 Å². The minimum atomic E-state index is -1.18. The van der Waals surface area contributed by atoms with Crippen LogP contribution < -0.4 is 5.73 Å². The number of nitrogens with two attached hydrogens (primary N) is 1. The Morgan fingerprint density at radius 1 is 1.13 bits per heavy atom. The van der Waals surface area contributed by atoms with Crippen molar-refractivity contribution in [2.75, 3.05) is 26.7 Å². The second kappa shape index (κ2) is 11.6. The number of carbonyl (C=O) groups is 3. The fourth-order valence-corrected chi connectivity index (χ4v) is 5.07. The molecule has 0 radical (unpaired) electrons. The van der Waals surface area contributed by atoms with E-state index >= 15 is 0 Å². The van der Waals surface area contributed by atoms with Gasteiger partial charge in [-0.1, -0.05) is 56.3 Å². The number of hydrogen-bond donors (Lipinski definition) is 1. The number of carbonyl (C=O) groups excluding carboxylic acids is 3. The zero-order valence-corrected chi connectivity index (χ0v) is 22.7. The van der Waals surface area contributed by atoms with E-state index in [4.69, 9.17) is 10.5 Å². The molecule has 2 atom stereocenters. The second-order valence-corrected chi connectivity index (χ2v) is 10.4. The van der Waals surface area contributed by atoms with Crippen LogP contribution in [0.4, 0.5) is 4.39 Å². The van der Waals surface area contributed by atoms with Crippen molar-refractivity contribution in [1.82, 2.24) is 9.91 Å². The SMILES string of the molecule is CN1N=C2CCN(C(=O)C(COCc3ccccc3)C(C)(C)C(N)=O)C[C@]2(Cc2ccc(F)cc2)C1=O.Cl. The molecule has 1 saturated heterocycles. The lowest BCUT2D eigenvalue weighted by Crippen LogP contribution is -2.58. The van der Waals surface area contributed by atoms with E-state index in [-0.39, 0.29) is 56.2 Å². The lowest BCUT2D eigenvalue weighted by Gasteiger charge is -2.42. The van der Waals surface area contributed by atoms with Crippen molar-refractivity contribution in [2.45, 2.75) is 33.3 Å². The van der Waals surface area contributed by atoms with E-state index in [0.29, 0.717) is 18.7 Å². The van der Waals surface area contributed by atoms with Gasteiger partial charge >= 0.3 is 0 Å². The monoisotopic (exact) mass is 544 g/mol. The van der Waals surface area contributed by atoms with Gasteiger partial charge in [-0.15, -0.1) is 12.4 Å². The molecule has 204 valence electrons. The first-order valence-electron chi connectivity index (χ1n) is 12.4. The van der Waals surface area contributed by atoms with Crippen LogP contribution in [-0.2, 0) is 32.1 Å². The molecule has 2 N–H and O–H groups in total. The van der Waals surface area contributed by atoms with Crippen molar-refractivity contribution in [3.63, 3.8) is 0 Å². The number of amides is 3. The highest BCUT2D eigenvalue weighted by Gasteiger charge is 2.54. The summed E-state index contributed by atoms with van der Waals surface area (Å²) in [5.41, 5.74) is 5.91. The number of likely N-dealkylation sites (tertiary alicyclic amines) is 1. The van der Waals surface area contributed by atoms with Crippen molar-refractivity contribution < 1.29 is 23.5 Å². The van der Waals surface area contributed by atoms with Gasteiger partial charge in [-0.3, -0.25) is 14.4 Å². The predicted octanol–water partition coefficient (Wildman–Crippen LogP) is 3.18. The maximum Gasteiger partial charge on any atom is 0.256 e. The van der Waals surface area contributed by atoms with Crippen LogP contribution in [0.2, 0.25) is 0 Å². The molecule has 0 bridgehead atoms. The largest absolute Gasteiger partial charge is 0.376 e. The molecule has 2 aromatic rings. The lowest BCUT2D eigenvalue weighted by molar-refractivity contribution is -0.151. The number of piperidine rings is 1. The molecule has 4 rings (SSSR count). The number of benzene rings is 2. The summed E-state index contributed by atoms with van der Waals surface area (Å²) in [6.45, 7) is 4.03. The van der Waals surface area contributed by atoms with Gasteiger partial charge in [0.1, 0.15) is 11.2 Å². The Hall–Kier alpha value is -3.30. The molecule has 3 amide bonds. The number of nitrogens with zero attached hydrogens (tertiary/aromatic N) is 3. The van der Waals surface area contributed by atoms with E-state index < -0.39 is 22.7 Å². The standard InChI is InChI=1S/C28H33FN4O4.ClH/c1-27(2,25(30)35)22(17-37-16-20-7-5-4-6-8-20)24(34)33-14-13-23-28(18-33,26(36)32(3)31-23)15-19-9-11-21(29)12-10-19;/h4-12,22H,13-18H2,1-3H3,(H2,30,35);1H/t22?,28-;/m0./s1. The summed E-state index contributed by atoms with van der Waals surface area (Å²) >= 11 is 0. The summed E-state index contributed by atoms with van der Waals surface area (Å²) in [7, 11) is 1.60. The molecule has 10 heteroatoms. The molecule has 2 aliphatic heterocycles. The topological polar surface area (TPSA) is 105 Å². The zero-order chi connectivity index (χ0) is 26.8. The van der Waals surface area contributed by atoms with Gasteiger partial charge in [0, 0.05) is 26.6 Å². The van der Waals surface area contributed by atoms with Crippen LogP contribution in [0.1, 0.15) is 31.4 Å². The molecule has 0 spiro atoms. The van der Waals surface area contributed by atoms with Gasteiger partial charge in [-0.2, -0.15) is 5.10 Å². The summed E-state index contributed by atoms with van der Waals surface area (Å²) in [5, 5.41) is 5.79. The Bertz CT molecular complexity index is 1210. The van der Waals surface area contributed by atoms with Crippen molar-refractivity contribution in [3.8, 4) is 0 Å². The Kier molecular flexibility index (Phi) is 8.94. The minimum absolute atomic E-state index is 0. The number of hydrogen-bond acceptors (Lipinski definition) is 5. The van der Waals surface area contributed by atoms with Gasteiger partial charge in [0.05, 0.1) is 30.3 Å². The van der Waals surface area contributed by atoms with Crippen LogP contribution in [0.25, 0.3) is 0 Å². The molecule has 1 fully saturated rings. The molecule has 1 unspecified atom stereocenters. The Balaban J connectivity index is 0.00000400. The fraction of sp³-hybridized carbons (Fsp3) is 0.429. The van der Waals surface area contributed by atoms with Crippen molar-refractivity contribution in [2.24, 2.45) is 27.6 Å². The Labute approximate surface area is 228 Å². The van der Waals surface area contributed by atoms with E-state index in [0.717, 1.165) is 11.1 Å². The number of halogens is 2.